The molecule has 0 radical (unpaired) electrons. The molecule has 0 atom stereocenters. The Morgan fingerprint density at radius 1 is 1.37 bits per heavy atom. The molecule has 0 aliphatic carbocycles. The molecule has 0 unspecified atom stereocenters. The first kappa shape index (κ1) is 12.2. The number of nitrogens with zero attached hydrogens (tertiary/aromatic N) is 2. The first-order valence-electron chi connectivity index (χ1n) is 5.80. The highest BCUT2D eigenvalue weighted by molar-refractivity contribution is 9.10. The standard InChI is InChI=1S/C13H12BrN3O2/c1-6-11(7(2)19-16-6)8-4-9(14)12-10(5-8)15-13(18)17(12)3/h4-5H,1-3H3,(H,15,18). The summed E-state index contributed by atoms with van der Waals surface area (Å²) in [7, 11) is 1.74. The fraction of sp³-hybridized carbons (Fsp3) is 0.231. The van der Waals surface area contributed by atoms with Crippen molar-refractivity contribution < 1.29 is 4.52 Å². The molecule has 2 heterocycles. The first-order valence-corrected chi connectivity index (χ1v) is 6.60. The van der Waals surface area contributed by atoms with Crippen LogP contribution in [0.15, 0.2) is 25.9 Å². The van der Waals surface area contributed by atoms with E-state index in [0.717, 1.165) is 38.1 Å². The van der Waals surface area contributed by atoms with Crippen molar-refractivity contribution in [2.45, 2.75) is 13.8 Å². The molecule has 0 amide bonds. The predicted octanol–water partition coefficient (Wildman–Crippen LogP) is 2.90. The number of hydrogen-bond donors (Lipinski definition) is 1. The minimum absolute atomic E-state index is 0.133. The highest BCUT2D eigenvalue weighted by Gasteiger charge is 2.15. The van der Waals surface area contributed by atoms with Crippen molar-refractivity contribution in [3.63, 3.8) is 0 Å². The van der Waals surface area contributed by atoms with E-state index in [4.69, 9.17) is 4.52 Å². The van der Waals surface area contributed by atoms with Gasteiger partial charge in [-0.05, 0) is 47.5 Å². The van der Waals surface area contributed by atoms with Crippen LogP contribution >= 0.6 is 15.9 Å². The highest BCUT2D eigenvalue weighted by Crippen LogP contribution is 2.32. The zero-order chi connectivity index (χ0) is 13.7. The molecule has 3 rings (SSSR count). The Morgan fingerprint density at radius 2 is 2.11 bits per heavy atom. The van der Waals surface area contributed by atoms with Crippen LogP contribution in [0.1, 0.15) is 11.5 Å². The molecule has 0 spiro atoms. The van der Waals surface area contributed by atoms with Crippen LogP contribution in [0.25, 0.3) is 22.2 Å². The Labute approximate surface area is 117 Å². The topological polar surface area (TPSA) is 63.8 Å². The van der Waals surface area contributed by atoms with E-state index < -0.39 is 0 Å². The monoisotopic (exact) mass is 321 g/mol. The maximum Gasteiger partial charge on any atom is 0.326 e. The van der Waals surface area contributed by atoms with Crippen molar-refractivity contribution in [2.24, 2.45) is 7.05 Å². The second-order valence-electron chi connectivity index (χ2n) is 4.54. The Bertz CT molecular complexity index is 822. The van der Waals surface area contributed by atoms with Crippen LogP contribution in [0.3, 0.4) is 0 Å². The molecule has 0 aliphatic heterocycles. The van der Waals surface area contributed by atoms with Gasteiger partial charge in [0.2, 0.25) is 0 Å². The molecule has 19 heavy (non-hydrogen) atoms. The lowest BCUT2D eigenvalue weighted by molar-refractivity contribution is 0.393. The lowest BCUT2D eigenvalue weighted by atomic mass is 10.0. The number of benzene rings is 1. The summed E-state index contributed by atoms with van der Waals surface area (Å²) in [6, 6.07) is 3.91. The van der Waals surface area contributed by atoms with Gasteiger partial charge >= 0.3 is 5.69 Å². The van der Waals surface area contributed by atoms with Gasteiger partial charge in [-0.2, -0.15) is 0 Å². The van der Waals surface area contributed by atoms with Crippen LogP contribution in [0.4, 0.5) is 0 Å². The molecule has 0 saturated heterocycles. The highest BCUT2D eigenvalue weighted by atomic mass is 79.9. The molecule has 5 nitrogen and oxygen atoms in total. The van der Waals surface area contributed by atoms with E-state index in [1.807, 2.05) is 26.0 Å². The maximum atomic E-state index is 11.7. The summed E-state index contributed by atoms with van der Waals surface area (Å²) < 4.78 is 7.63. The van der Waals surface area contributed by atoms with Gasteiger partial charge in [-0.3, -0.25) is 4.57 Å². The summed E-state index contributed by atoms with van der Waals surface area (Å²) in [5.41, 5.74) is 4.27. The molecular weight excluding hydrogens is 310 g/mol. The second-order valence-corrected chi connectivity index (χ2v) is 5.40. The number of halogens is 1. The summed E-state index contributed by atoms with van der Waals surface area (Å²) in [5.74, 6) is 0.766. The Balaban J connectivity index is 2.36. The molecule has 2 aromatic heterocycles. The van der Waals surface area contributed by atoms with E-state index in [-0.39, 0.29) is 5.69 Å². The van der Waals surface area contributed by atoms with Gasteiger partial charge < -0.3 is 9.51 Å². The number of rotatable bonds is 1. The number of nitrogens with one attached hydrogen (secondary N) is 1. The summed E-state index contributed by atoms with van der Waals surface area (Å²) in [6.45, 7) is 3.78. The van der Waals surface area contributed by atoms with E-state index in [9.17, 15) is 4.79 Å². The van der Waals surface area contributed by atoms with Gasteiger partial charge in [0.15, 0.2) is 0 Å². The summed E-state index contributed by atoms with van der Waals surface area (Å²) in [5, 5.41) is 3.96. The van der Waals surface area contributed by atoms with Gasteiger partial charge in [0, 0.05) is 17.1 Å². The molecule has 1 aromatic carbocycles. The number of fused-ring (bicyclic) bond motifs is 1. The van der Waals surface area contributed by atoms with Gasteiger partial charge in [-0.25, -0.2) is 4.79 Å². The van der Waals surface area contributed by atoms with Crippen LogP contribution < -0.4 is 5.69 Å². The molecule has 0 aliphatic rings. The second kappa shape index (κ2) is 4.09. The van der Waals surface area contributed by atoms with Gasteiger partial charge in [-0.15, -0.1) is 0 Å². The summed E-state index contributed by atoms with van der Waals surface area (Å²) >= 11 is 3.52. The largest absolute Gasteiger partial charge is 0.361 e. The van der Waals surface area contributed by atoms with Crippen LogP contribution in [0.2, 0.25) is 0 Å². The third-order valence-corrected chi connectivity index (χ3v) is 3.87. The predicted molar refractivity (Wildman–Crippen MR) is 76.2 cm³/mol. The lowest BCUT2D eigenvalue weighted by Gasteiger charge is -2.04. The van der Waals surface area contributed by atoms with E-state index in [0.29, 0.717) is 0 Å². The molecule has 1 N–H and O–H groups in total. The van der Waals surface area contributed by atoms with Crippen LogP contribution in [0.5, 0.6) is 0 Å². The number of hydrogen-bond acceptors (Lipinski definition) is 3. The van der Waals surface area contributed by atoms with Crippen LogP contribution in [0, 0.1) is 13.8 Å². The third kappa shape index (κ3) is 1.74. The number of imidazole rings is 1. The van der Waals surface area contributed by atoms with Gasteiger partial charge in [-0.1, -0.05) is 5.16 Å². The van der Waals surface area contributed by atoms with E-state index in [1.54, 1.807) is 11.6 Å². The zero-order valence-electron chi connectivity index (χ0n) is 10.7. The summed E-state index contributed by atoms with van der Waals surface area (Å²) in [4.78, 5) is 14.5. The van der Waals surface area contributed by atoms with Crippen LogP contribution in [-0.4, -0.2) is 14.7 Å². The average Bonchev–Trinajstić information content (AvgIpc) is 2.81. The van der Waals surface area contributed by atoms with Gasteiger partial charge in [0.05, 0.1) is 16.7 Å². The SMILES string of the molecule is Cc1noc(C)c1-c1cc(Br)c2c(c1)[nH]c(=O)n2C. The molecule has 3 aromatic rings. The Kier molecular flexibility index (Phi) is 2.63. The van der Waals surface area contributed by atoms with Crippen LogP contribution in [-0.2, 0) is 7.05 Å². The zero-order valence-corrected chi connectivity index (χ0v) is 12.3. The molecule has 98 valence electrons. The number of aromatic amines is 1. The van der Waals surface area contributed by atoms with E-state index in [2.05, 4.69) is 26.1 Å². The molecule has 0 saturated carbocycles. The molecule has 0 bridgehead atoms. The van der Waals surface area contributed by atoms with Gasteiger partial charge in [0.1, 0.15) is 5.76 Å². The van der Waals surface area contributed by atoms with Crippen molar-refractivity contribution in [1.82, 2.24) is 14.7 Å². The van der Waals surface area contributed by atoms with Crippen molar-refractivity contribution in [3.05, 3.63) is 38.5 Å². The summed E-state index contributed by atoms with van der Waals surface area (Å²) in [6.07, 6.45) is 0. The van der Waals surface area contributed by atoms with E-state index in [1.165, 1.54) is 0 Å². The molecule has 0 fully saturated rings. The average molecular weight is 322 g/mol. The van der Waals surface area contributed by atoms with Gasteiger partial charge in [0.25, 0.3) is 0 Å². The third-order valence-electron chi connectivity index (χ3n) is 3.27. The number of H-pyrrole nitrogens is 1. The van der Waals surface area contributed by atoms with Crippen molar-refractivity contribution in [2.75, 3.05) is 0 Å². The maximum absolute atomic E-state index is 11.7. The number of aryl methyl sites for hydroxylation is 3. The Morgan fingerprint density at radius 3 is 2.74 bits per heavy atom. The van der Waals surface area contributed by atoms with E-state index >= 15 is 0 Å². The fourth-order valence-corrected chi connectivity index (χ4v) is 3.10. The molecule has 6 heteroatoms. The number of aromatic nitrogens is 3. The van der Waals surface area contributed by atoms with Crippen molar-refractivity contribution >= 4 is 27.0 Å². The lowest BCUT2D eigenvalue weighted by Crippen LogP contribution is -2.11. The van der Waals surface area contributed by atoms with Crippen molar-refractivity contribution in [1.29, 1.82) is 0 Å². The van der Waals surface area contributed by atoms with Crippen molar-refractivity contribution in [3.8, 4) is 11.1 Å². The first-order chi connectivity index (χ1) is 8.99. The smallest absolute Gasteiger partial charge is 0.326 e. The quantitative estimate of drug-likeness (QED) is 0.749. The normalized spacial score (nSPS) is 11.4. The minimum Gasteiger partial charge on any atom is -0.361 e. The Hall–Kier alpha value is -1.82. The fourth-order valence-electron chi connectivity index (χ4n) is 2.38. The molecular formula is C13H12BrN3O2. The minimum atomic E-state index is -0.133.